The molecule has 2 amide bonds. The highest BCUT2D eigenvalue weighted by Crippen LogP contribution is 2.28. The number of rotatable bonds is 1. The molecule has 0 radical (unpaired) electrons. The smallest absolute Gasteiger partial charge is 0.249 e. The third kappa shape index (κ3) is 2.04. The van der Waals surface area contributed by atoms with Crippen LogP contribution in [-0.2, 0) is 16.1 Å². The summed E-state index contributed by atoms with van der Waals surface area (Å²) in [4.78, 5) is 25.8. The first-order valence-corrected chi connectivity index (χ1v) is 6.71. The predicted molar refractivity (Wildman–Crippen MR) is 74.6 cm³/mol. The summed E-state index contributed by atoms with van der Waals surface area (Å²) in [5.74, 6) is -0.428. The van der Waals surface area contributed by atoms with Gasteiger partial charge < -0.3 is 4.90 Å². The maximum absolute atomic E-state index is 11.9. The zero-order chi connectivity index (χ0) is 13.6. The standard InChI is InChI=1S/C14H14N2O2S/c1-8-2-3-9-7-16(14(19)10(9)6-8)11-4-5-12(17)15-13(11)18/h2-3,6,11H,4-5,7H2,1H3,(H,15,17,18). The number of hydrogen-bond donors (Lipinski definition) is 1. The van der Waals surface area contributed by atoms with Crippen LogP contribution < -0.4 is 5.32 Å². The van der Waals surface area contributed by atoms with E-state index in [4.69, 9.17) is 12.2 Å². The minimum Gasteiger partial charge on any atom is -0.346 e. The van der Waals surface area contributed by atoms with Gasteiger partial charge in [0.2, 0.25) is 11.8 Å². The maximum Gasteiger partial charge on any atom is 0.249 e. The first kappa shape index (κ1) is 12.3. The molecule has 1 saturated heterocycles. The highest BCUT2D eigenvalue weighted by Gasteiger charge is 2.36. The van der Waals surface area contributed by atoms with Gasteiger partial charge in [-0.3, -0.25) is 14.9 Å². The van der Waals surface area contributed by atoms with E-state index in [2.05, 4.69) is 23.5 Å². The van der Waals surface area contributed by atoms with Gasteiger partial charge in [-0.1, -0.05) is 29.9 Å². The fraction of sp³-hybridized carbons (Fsp3) is 0.357. The van der Waals surface area contributed by atoms with Gasteiger partial charge in [-0.05, 0) is 25.0 Å². The van der Waals surface area contributed by atoms with Gasteiger partial charge in [0, 0.05) is 18.5 Å². The Morgan fingerprint density at radius 3 is 2.89 bits per heavy atom. The third-order valence-corrected chi connectivity index (χ3v) is 4.14. The third-order valence-electron chi connectivity index (χ3n) is 3.68. The average molecular weight is 274 g/mol. The molecule has 0 spiro atoms. The summed E-state index contributed by atoms with van der Waals surface area (Å²) in [5, 5.41) is 2.39. The summed E-state index contributed by atoms with van der Waals surface area (Å²) >= 11 is 5.48. The minimum atomic E-state index is -0.321. The van der Waals surface area contributed by atoms with Crippen LogP contribution >= 0.6 is 12.2 Å². The van der Waals surface area contributed by atoms with Crippen molar-refractivity contribution in [3.63, 3.8) is 0 Å². The second-order valence-electron chi connectivity index (χ2n) is 5.06. The fourth-order valence-electron chi connectivity index (χ4n) is 2.67. The Labute approximate surface area is 116 Å². The van der Waals surface area contributed by atoms with Crippen molar-refractivity contribution < 1.29 is 9.59 Å². The molecule has 1 aromatic carbocycles. The molecule has 2 heterocycles. The summed E-state index contributed by atoms with van der Waals surface area (Å²) in [6, 6.07) is 5.85. The average Bonchev–Trinajstić information content (AvgIpc) is 2.67. The number of benzene rings is 1. The van der Waals surface area contributed by atoms with Crippen LogP contribution in [0.1, 0.15) is 29.5 Å². The van der Waals surface area contributed by atoms with Gasteiger partial charge in [0.15, 0.2) is 0 Å². The molecule has 1 aromatic rings. The molecule has 1 fully saturated rings. The summed E-state index contributed by atoms with van der Waals surface area (Å²) < 4.78 is 0. The number of nitrogens with zero attached hydrogens (tertiary/aromatic N) is 1. The second-order valence-corrected chi connectivity index (χ2v) is 5.45. The molecule has 98 valence electrons. The Balaban J connectivity index is 1.88. The van der Waals surface area contributed by atoms with Crippen molar-refractivity contribution in [3.8, 4) is 0 Å². The number of carbonyl (C=O) groups excluding carboxylic acids is 2. The molecule has 0 bridgehead atoms. The number of hydrogen-bond acceptors (Lipinski definition) is 3. The lowest BCUT2D eigenvalue weighted by molar-refractivity contribution is -0.136. The lowest BCUT2D eigenvalue weighted by Gasteiger charge is -2.30. The van der Waals surface area contributed by atoms with Gasteiger partial charge >= 0.3 is 0 Å². The number of carbonyl (C=O) groups is 2. The van der Waals surface area contributed by atoms with Crippen molar-refractivity contribution in [1.29, 1.82) is 0 Å². The van der Waals surface area contributed by atoms with E-state index in [1.54, 1.807) is 0 Å². The molecule has 0 aromatic heterocycles. The Morgan fingerprint density at radius 1 is 1.37 bits per heavy atom. The molecule has 2 aliphatic rings. The van der Waals surface area contributed by atoms with E-state index < -0.39 is 0 Å². The van der Waals surface area contributed by atoms with Gasteiger partial charge in [0.05, 0.1) is 0 Å². The first-order valence-electron chi connectivity index (χ1n) is 6.30. The fourth-order valence-corrected chi connectivity index (χ4v) is 3.05. The summed E-state index contributed by atoms with van der Waals surface area (Å²) in [5.41, 5.74) is 3.35. The number of piperidine rings is 1. The first-order chi connectivity index (χ1) is 9.06. The Hall–Kier alpha value is -1.75. The molecule has 0 saturated carbocycles. The lowest BCUT2D eigenvalue weighted by Crippen LogP contribution is -2.52. The number of nitrogens with one attached hydrogen (secondary N) is 1. The number of imide groups is 1. The molecule has 3 rings (SSSR count). The van der Waals surface area contributed by atoms with Crippen LogP contribution in [0, 0.1) is 6.92 Å². The highest BCUT2D eigenvalue weighted by atomic mass is 32.1. The van der Waals surface area contributed by atoms with E-state index in [0.29, 0.717) is 24.4 Å². The van der Waals surface area contributed by atoms with Gasteiger partial charge in [0.1, 0.15) is 11.0 Å². The monoisotopic (exact) mass is 274 g/mol. The van der Waals surface area contributed by atoms with E-state index in [1.165, 1.54) is 0 Å². The van der Waals surface area contributed by atoms with Gasteiger partial charge in [-0.2, -0.15) is 0 Å². The largest absolute Gasteiger partial charge is 0.346 e. The topological polar surface area (TPSA) is 49.4 Å². The van der Waals surface area contributed by atoms with Gasteiger partial charge in [-0.15, -0.1) is 0 Å². The summed E-state index contributed by atoms with van der Waals surface area (Å²) in [7, 11) is 0. The molecular weight excluding hydrogens is 260 g/mol. The molecule has 19 heavy (non-hydrogen) atoms. The second kappa shape index (κ2) is 4.42. The van der Waals surface area contributed by atoms with Crippen LogP contribution in [0.2, 0.25) is 0 Å². The quantitative estimate of drug-likeness (QED) is 0.619. The predicted octanol–water partition coefficient (Wildman–Crippen LogP) is 1.29. The Bertz CT molecular complexity index is 597. The zero-order valence-electron chi connectivity index (χ0n) is 10.6. The molecular formula is C14H14N2O2S. The number of thiocarbonyl (C=S) groups is 1. The van der Waals surface area contributed by atoms with Crippen LogP contribution in [0.3, 0.4) is 0 Å². The van der Waals surface area contributed by atoms with Crippen molar-refractivity contribution in [3.05, 3.63) is 34.9 Å². The molecule has 4 nitrogen and oxygen atoms in total. The van der Waals surface area contributed by atoms with Crippen molar-refractivity contribution in [2.75, 3.05) is 0 Å². The molecule has 0 aliphatic carbocycles. The number of aryl methyl sites for hydroxylation is 1. The Morgan fingerprint density at radius 2 is 2.16 bits per heavy atom. The van der Waals surface area contributed by atoms with E-state index in [-0.39, 0.29) is 17.9 Å². The van der Waals surface area contributed by atoms with Crippen molar-refractivity contribution in [2.24, 2.45) is 0 Å². The molecule has 1 N–H and O–H groups in total. The van der Waals surface area contributed by atoms with Crippen LogP contribution in [0.15, 0.2) is 18.2 Å². The Kier molecular flexibility index (Phi) is 2.86. The number of amides is 2. The molecule has 2 aliphatic heterocycles. The van der Waals surface area contributed by atoms with E-state index in [0.717, 1.165) is 16.7 Å². The van der Waals surface area contributed by atoms with Crippen LogP contribution in [0.4, 0.5) is 0 Å². The highest BCUT2D eigenvalue weighted by molar-refractivity contribution is 7.80. The van der Waals surface area contributed by atoms with E-state index >= 15 is 0 Å². The van der Waals surface area contributed by atoms with Gasteiger partial charge in [-0.25, -0.2) is 0 Å². The van der Waals surface area contributed by atoms with E-state index in [9.17, 15) is 9.59 Å². The molecule has 1 unspecified atom stereocenters. The van der Waals surface area contributed by atoms with Crippen molar-refractivity contribution in [2.45, 2.75) is 32.4 Å². The van der Waals surface area contributed by atoms with Crippen LogP contribution in [-0.4, -0.2) is 27.7 Å². The summed E-state index contributed by atoms with van der Waals surface area (Å²) in [6.07, 6.45) is 0.919. The molecule has 1 atom stereocenters. The van der Waals surface area contributed by atoms with Gasteiger partial charge in [0.25, 0.3) is 0 Å². The van der Waals surface area contributed by atoms with Crippen molar-refractivity contribution >= 4 is 29.0 Å². The van der Waals surface area contributed by atoms with Crippen LogP contribution in [0.25, 0.3) is 0 Å². The minimum absolute atomic E-state index is 0.195. The van der Waals surface area contributed by atoms with E-state index in [1.807, 2.05) is 11.8 Å². The van der Waals surface area contributed by atoms with Crippen molar-refractivity contribution in [1.82, 2.24) is 10.2 Å². The number of fused-ring (bicyclic) bond motifs is 1. The van der Waals surface area contributed by atoms with Crippen LogP contribution in [0.5, 0.6) is 0 Å². The summed E-state index contributed by atoms with van der Waals surface area (Å²) in [6.45, 7) is 2.68. The zero-order valence-corrected chi connectivity index (χ0v) is 11.4. The maximum atomic E-state index is 11.9. The SMILES string of the molecule is Cc1ccc2c(c1)C(=S)N(C1CCC(=O)NC1=O)C2. The molecule has 5 heteroatoms. The normalized spacial score (nSPS) is 22.5. The lowest BCUT2D eigenvalue weighted by atomic mass is 10.0.